The molecular formula is C27H26FN3O3. The molecular weight excluding hydrogens is 433 g/mol. The SMILES string of the molecule is CN(C)c1c(F)cc2c(=O)c(C(=O)N3CCCCC3)cn3c2c1Oc1ccc2c(c1-3)C=CCC2. The quantitative estimate of drug-likeness (QED) is 0.429. The lowest BCUT2D eigenvalue weighted by atomic mass is 9.94. The second-order valence-electron chi connectivity index (χ2n) is 9.45. The van der Waals surface area contributed by atoms with Gasteiger partial charge >= 0.3 is 0 Å². The Balaban J connectivity index is 1.70. The third kappa shape index (κ3) is 2.99. The summed E-state index contributed by atoms with van der Waals surface area (Å²) in [5, 5.41) is 0.156. The highest BCUT2D eigenvalue weighted by atomic mass is 19.1. The van der Waals surface area contributed by atoms with E-state index in [1.54, 1.807) is 30.1 Å². The van der Waals surface area contributed by atoms with Gasteiger partial charge in [0.2, 0.25) is 5.43 Å². The number of halogens is 1. The van der Waals surface area contributed by atoms with E-state index in [-0.39, 0.29) is 22.5 Å². The van der Waals surface area contributed by atoms with E-state index < -0.39 is 11.2 Å². The van der Waals surface area contributed by atoms with Crippen LogP contribution in [0.3, 0.4) is 0 Å². The highest BCUT2D eigenvalue weighted by Gasteiger charge is 2.32. The normalized spacial score (nSPS) is 16.1. The molecule has 7 heteroatoms. The summed E-state index contributed by atoms with van der Waals surface area (Å²) in [5.41, 5.74) is 3.35. The van der Waals surface area contributed by atoms with Crippen LogP contribution in [0.5, 0.6) is 11.5 Å². The molecule has 6 rings (SSSR count). The lowest BCUT2D eigenvalue weighted by Crippen LogP contribution is -2.38. The van der Waals surface area contributed by atoms with Crippen molar-refractivity contribution in [1.82, 2.24) is 9.47 Å². The van der Waals surface area contributed by atoms with Crippen molar-refractivity contribution in [3.63, 3.8) is 0 Å². The number of carbonyl (C=O) groups is 1. The Bertz CT molecular complexity index is 1450. The third-order valence-corrected chi connectivity index (χ3v) is 7.08. The maximum absolute atomic E-state index is 15.3. The number of nitrogens with zero attached hydrogens (tertiary/aromatic N) is 3. The summed E-state index contributed by atoms with van der Waals surface area (Å²) in [6.07, 6.45) is 10.6. The number of anilines is 1. The fourth-order valence-corrected chi connectivity index (χ4v) is 5.44. The monoisotopic (exact) mass is 459 g/mol. The summed E-state index contributed by atoms with van der Waals surface area (Å²) in [7, 11) is 3.48. The summed E-state index contributed by atoms with van der Waals surface area (Å²) in [4.78, 5) is 30.4. The number of hydrogen-bond donors (Lipinski definition) is 0. The molecule has 1 fully saturated rings. The van der Waals surface area contributed by atoms with Gasteiger partial charge in [0, 0.05) is 38.9 Å². The number of ether oxygens (including phenoxy) is 1. The Morgan fingerprint density at radius 3 is 2.71 bits per heavy atom. The Morgan fingerprint density at radius 2 is 1.94 bits per heavy atom. The molecule has 0 unspecified atom stereocenters. The van der Waals surface area contributed by atoms with Crippen molar-refractivity contribution >= 4 is 28.6 Å². The molecule has 0 atom stereocenters. The van der Waals surface area contributed by atoms with E-state index in [1.807, 2.05) is 16.7 Å². The molecule has 34 heavy (non-hydrogen) atoms. The minimum absolute atomic E-state index is 0.0718. The molecule has 0 radical (unpaired) electrons. The van der Waals surface area contributed by atoms with Crippen molar-refractivity contribution in [3.8, 4) is 17.2 Å². The van der Waals surface area contributed by atoms with Crippen LogP contribution >= 0.6 is 0 Å². The highest BCUT2D eigenvalue weighted by molar-refractivity contribution is 6.01. The van der Waals surface area contributed by atoms with Gasteiger partial charge in [0.05, 0.1) is 11.1 Å². The summed E-state index contributed by atoms with van der Waals surface area (Å²) in [5.74, 6) is 0.0246. The van der Waals surface area contributed by atoms with Crippen LogP contribution < -0.4 is 15.1 Å². The summed E-state index contributed by atoms with van der Waals surface area (Å²) >= 11 is 0. The molecule has 0 N–H and O–H groups in total. The largest absolute Gasteiger partial charge is 0.451 e. The van der Waals surface area contributed by atoms with Crippen LogP contribution in [0.2, 0.25) is 0 Å². The van der Waals surface area contributed by atoms with E-state index in [0.29, 0.717) is 30.1 Å². The van der Waals surface area contributed by atoms with Crippen LogP contribution in [0, 0.1) is 5.82 Å². The number of aromatic nitrogens is 1. The first-order chi connectivity index (χ1) is 16.5. The molecule has 1 aromatic heterocycles. The fraction of sp³-hybridized carbons (Fsp3) is 0.333. The number of amides is 1. The zero-order valence-corrected chi connectivity index (χ0v) is 19.4. The van der Waals surface area contributed by atoms with Crippen LogP contribution in [0.1, 0.15) is 47.2 Å². The molecule has 1 saturated heterocycles. The van der Waals surface area contributed by atoms with Gasteiger partial charge in [-0.25, -0.2) is 4.39 Å². The Labute approximate surface area is 196 Å². The van der Waals surface area contributed by atoms with Crippen molar-refractivity contribution in [2.75, 3.05) is 32.1 Å². The number of allylic oxidation sites excluding steroid dienone is 1. The van der Waals surface area contributed by atoms with Gasteiger partial charge in [-0.15, -0.1) is 0 Å². The molecule has 0 saturated carbocycles. The molecule has 1 aliphatic carbocycles. The van der Waals surface area contributed by atoms with E-state index in [9.17, 15) is 9.59 Å². The molecule has 3 heterocycles. The molecule has 0 spiro atoms. The average Bonchev–Trinajstić information content (AvgIpc) is 2.85. The molecule has 0 bridgehead atoms. The number of piperidine rings is 1. The van der Waals surface area contributed by atoms with E-state index in [0.717, 1.165) is 43.4 Å². The predicted octanol–water partition coefficient (Wildman–Crippen LogP) is 4.89. The highest BCUT2D eigenvalue weighted by Crippen LogP contribution is 2.48. The summed E-state index contributed by atoms with van der Waals surface area (Å²) in [6.45, 7) is 1.26. The van der Waals surface area contributed by atoms with Crippen molar-refractivity contribution in [3.05, 3.63) is 63.2 Å². The van der Waals surface area contributed by atoms with Crippen molar-refractivity contribution in [1.29, 1.82) is 0 Å². The van der Waals surface area contributed by atoms with Gasteiger partial charge in [0.15, 0.2) is 17.3 Å². The number of likely N-dealkylation sites (tertiary alicyclic amines) is 1. The first kappa shape index (κ1) is 21.0. The number of pyridine rings is 1. The first-order valence-corrected chi connectivity index (χ1v) is 11.8. The Kier molecular flexibility index (Phi) is 4.76. The maximum Gasteiger partial charge on any atom is 0.259 e. The molecule has 1 amide bonds. The number of aryl methyl sites for hydroxylation is 1. The second kappa shape index (κ2) is 7.72. The molecule has 2 aromatic carbocycles. The first-order valence-electron chi connectivity index (χ1n) is 11.8. The van der Waals surface area contributed by atoms with Crippen molar-refractivity contribution < 1.29 is 13.9 Å². The van der Waals surface area contributed by atoms with E-state index >= 15 is 4.39 Å². The van der Waals surface area contributed by atoms with Gasteiger partial charge in [0.1, 0.15) is 16.8 Å². The summed E-state index contributed by atoms with van der Waals surface area (Å²) < 4.78 is 23.5. The molecule has 3 aliphatic rings. The third-order valence-electron chi connectivity index (χ3n) is 7.08. The van der Waals surface area contributed by atoms with Gasteiger partial charge in [0.25, 0.3) is 5.91 Å². The number of rotatable bonds is 2. The standard InChI is InChI=1S/C27H26FN3O3/c1-29(2)24-20(28)14-18-23-26(24)34-21-11-10-16-8-4-5-9-17(16)22(21)31(23)15-19(25(18)32)27(33)30-12-6-3-7-13-30/h5,9-11,14-15H,3-4,6-8,12-13H2,1-2H3. The fourth-order valence-electron chi connectivity index (χ4n) is 5.44. The smallest absolute Gasteiger partial charge is 0.259 e. The van der Waals surface area contributed by atoms with Crippen molar-refractivity contribution in [2.24, 2.45) is 0 Å². The molecule has 6 nitrogen and oxygen atoms in total. The number of benzene rings is 2. The van der Waals surface area contributed by atoms with Crippen LogP contribution in [-0.4, -0.2) is 42.6 Å². The molecule has 174 valence electrons. The number of fused-ring (bicyclic) bond motifs is 4. The Hall–Kier alpha value is -3.61. The van der Waals surface area contributed by atoms with E-state index in [4.69, 9.17) is 4.74 Å². The van der Waals surface area contributed by atoms with Gasteiger partial charge in [-0.2, -0.15) is 0 Å². The van der Waals surface area contributed by atoms with E-state index in [1.165, 1.54) is 11.6 Å². The van der Waals surface area contributed by atoms with Gasteiger partial charge in [-0.1, -0.05) is 18.2 Å². The summed E-state index contributed by atoms with van der Waals surface area (Å²) in [6, 6.07) is 5.19. The van der Waals surface area contributed by atoms with Gasteiger partial charge in [-0.05, 0) is 49.8 Å². The van der Waals surface area contributed by atoms with Crippen LogP contribution in [0.25, 0.3) is 22.7 Å². The zero-order valence-electron chi connectivity index (χ0n) is 19.4. The lowest BCUT2D eigenvalue weighted by Gasteiger charge is -2.31. The minimum Gasteiger partial charge on any atom is -0.451 e. The average molecular weight is 460 g/mol. The minimum atomic E-state index is -0.556. The van der Waals surface area contributed by atoms with Crippen molar-refractivity contribution in [2.45, 2.75) is 32.1 Å². The molecule has 3 aromatic rings. The Morgan fingerprint density at radius 1 is 1.15 bits per heavy atom. The van der Waals surface area contributed by atoms with Crippen LogP contribution in [0.15, 0.2) is 35.3 Å². The maximum atomic E-state index is 15.3. The second-order valence-corrected chi connectivity index (χ2v) is 9.45. The topological polar surface area (TPSA) is 54.8 Å². The zero-order chi connectivity index (χ0) is 23.6. The number of hydrogen-bond acceptors (Lipinski definition) is 4. The van der Waals surface area contributed by atoms with Crippen LogP contribution in [-0.2, 0) is 6.42 Å². The van der Waals surface area contributed by atoms with Gasteiger partial charge < -0.3 is 19.1 Å². The van der Waals surface area contributed by atoms with E-state index in [2.05, 4.69) is 12.2 Å². The number of carbonyl (C=O) groups excluding carboxylic acids is 1. The predicted molar refractivity (Wildman–Crippen MR) is 131 cm³/mol. The van der Waals surface area contributed by atoms with Crippen LogP contribution in [0.4, 0.5) is 10.1 Å². The molecule has 2 aliphatic heterocycles. The van der Waals surface area contributed by atoms with Gasteiger partial charge in [-0.3, -0.25) is 9.59 Å². The lowest BCUT2D eigenvalue weighted by molar-refractivity contribution is 0.0722.